The SMILES string of the molecule is CCC(CC)N1CC(C(=O)NC(c2ccc(OC)cc2)C2CC2)CC1=O. The second-order valence-corrected chi connectivity index (χ2v) is 7.51. The Hall–Kier alpha value is -2.04. The van der Waals surface area contributed by atoms with Gasteiger partial charge >= 0.3 is 0 Å². The van der Waals surface area contributed by atoms with Crippen molar-refractivity contribution in [3.63, 3.8) is 0 Å². The molecule has 142 valence electrons. The molecule has 0 aromatic heterocycles. The maximum atomic E-state index is 12.9. The number of benzene rings is 1. The third-order valence-corrected chi connectivity index (χ3v) is 5.78. The number of likely N-dealkylation sites (tertiary alicyclic amines) is 1. The maximum absolute atomic E-state index is 12.9. The van der Waals surface area contributed by atoms with Gasteiger partial charge in [-0.1, -0.05) is 26.0 Å². The molecule has 1 aliphatic carbocycles. The Morgan fingerprint density at radius 1 is 1.23 bits per heavy atom. The monoisotopic (exact) mass is 358 g/mol. The Labute approximate surface area is 156 Å². The van der Waals surface area contributed by atoms with Gasteiger partial charge < -0.3 is 15.0 Å². The van der Waals surface area contributed by atoms with Crippen LogP contribution in [-0.4, -0.2) is 36.4 Å². The standard InChI is InChI=1S/C21H30N2O3/c1-4-17(5-2)23-13-16(12-19(23)24)21(25)22-20(14-6-7-14)15-8-10-18(26-3)11-9-15/h8-11,14,16-17,20H,4-7,12-13H2,1-3H3,(H,22,25). The molecule has 1 N–H and O–H groups in total. The summed E-state index contributed by atoms with van der Waals surface area (Å²) in [4.78, 5) is 27.1. The molecule has 0 spiro atoms. The van der Waals surface area contributed by atoms with Crippen molar-refractivity contribution >= 4 is 11.8 Å². The van der Waals surface area contributed by atoms with E-state index in [-0.39, 0.29) is 29.8 Å². The Kier molecular flexibility index (Phi) is 5.84. The number of hydrogen-bond acceptors (Lipinski definition) is 3. The summed E-state index contributed by atoms with van der Waals surface area (Å²) in [6.07, 6.45) is 4.49. The molecule has 1 saturated heterocycles. The zero-order valence-electron chi connectivity index (χ0n) is 16.0. The predicted octanol–water partition coefficient (Wildman–Crippen LogP) is 3.30. The lowest BCUT2D eigenvalue weighted by atomic mass is 10.00. The van der Waals surface area contributed by atoms with Crippen LogP contribution in [-0.2, 0) is 9.59 Å². The van der Waals surface area contributed by atoms with Crippen LogP contribution in [0.4, 0.5) is 0 Å². The van der Waals surface area contributed by atoms with Crippen molar-refractivity contribution in [3.05, 3.63) is 29.8 Å². The fourth-order valence-corrected chi connectivity index (χ4v) is 3.97. The van der Waals surface area contributed by atoms with Crippen molar-refractivity contribution < 1.29 is 14.3 Å². The van der Waals surface area contributed by atoms with Crippen molar-refractivity contribution in [2.45, 2.75) is 58.0 Å². The minimum Gasteiger partial charge on any atom is -0.497 e. The molecular formula is C21H30N2O3. The van der Waals surface area contributed by atoms with E-state index in [1.807, 2.05) is 29.2 Å². The van der Waals surface area contributed by atoms with Gasteiger partial charge in [-0.15, -0.1) is 0 Å². The van der Waals surface area contributed by atoms with E-state index in [2.05, 4.69) is 19.2 Å². The van der Waals surface area contributed by atoms with Crippen molar-refractivity contribution in [1.82, 2.24) is 10.2 Å². The molecular weight excluding hydrogens is 328 g/mol. The van der Waals surface area contributed by atoms with Crippen LogP contribution in [0.3, 0.4) is 0 Å². The van der Waals surface area contributed by atoms with Gasteiger partial charge in [0.25, 0.3) is 0 Å². The van der Waals surface area contributed by atoms with E-state index in [0.29, 0.717) is 18.9 Å². The molecule has 5 heteroatoms. The van der Waals surface area contributed by atoms with Crippen molar-refractivity contribution in [3.8, 4) is 5.75 Å². The Morgan fingerprint density at radius 3 is 2.42 bits per heavy atom. The molecule has 1 heterocycles. The Balaban J connectivity index is 1.66. The van der Waals surface area contributed by atoms with Crippen LogP contribution >= 0.6 is 0 Å². The van der Waals surface area contributed by atoms with Crippen LogP contribution in [0.1, 0.15) is 57.6 Å². The first-order valence-electron chi connectivity index (χ1n) is 9.81. The molecule has 2 unspecified atom stereocenters. The smallest absolute Gasteiger partial charge is 0.225 e. The van der Waals surface area contributed by atoms with E-state index in [9.17, 15) is 9.59 Å². The highest BCUT2D eigenvalue weighted by Gasteiger charge is 2.39. The first-order valence-corrected chi connectivity index (χ1v) is 9.81. The first kappa shape index (κ1) is 18.7. The van der Waals surface area contributed by atoms with Crippen molar-refractivity contribution in [2.75, 3.05) is 13.7 Å². The number of ether oxygens (including phenoxy) is 1. The maximum Gasteiger partial charge on any atom is 0.225 e. The summed E-state index contributed by atoms with van der Waals surface area (Å²) < 4.78 is 5.22. The minimum atomic E-state index is -0.234. The number of nitrogens with one attached hydrogen (secondary N) is 1. The van der Waals surface area contributed by atoms with Gasteiger partial charge in [0.1, 0.15) is 5.75 Å². The molecule has 1 saturated carbocycles. The molecule has 1 aromatic carbocycles. The van der Waals surface area contributed by atoms with Crippen LogP contribution in [0.25, 0.3) is 0 Å². The average Bonchev–Trinajstić information content (AvgIpc) is 3.43. The van der Waals surface area contributed by atoms with Gasteiger partial charge in [0, 0.05) is 19.0 Å². The predicted molar refractivity (Wildman–Crippen MR) is 101 cm³/mol. The highest BCUT2D eigenvalue weighted by molar-refractivity contribution is 5.89. The Bertz CT molecular complexity index is 635. The lowest BCUT2D eigenvalue weighted by Gasteiger charge is -2.26. The minimum absolute atomic E-state index is 0.0134. The molecule has 5 nitrogen and oxygen atoms in total. The van der Waals surface area contributed by atoms with Crippen molar-refractivity contribution in [2.24, 2.45) is 11.8 Å². The number of nitrogens with zero attached hydrogens (tertiary/aromatic N) is 1. The van der Waals surface area contributed by atoms with Gasteiger partial charge in [0.15, 0.2) is 0 Å². The molecule has 2 aliphatic rings. The van der Waals surface area contributed by atoms with E-state index in [1.54, 1.807) is 7.11 Å². The number of rotatable bonds is 8. The van der Waals surface area contributed by atoms with Crippen LogP contribution < -0.4 is 10.1 Å². The highest BCUT2D eigenvalue weighted by atomic mass is 16.5. The Morgan fingerprint density at radius 2 is 1.88 bits per heavy atom. The van der Waals surface area contributed by atoms with E-state index in [4.69, 9.17) is 4.74 Å². The van der Waals surface area contributed by atoms with E-state index < -0.39 is 0 Å². The molecule has 1 aliphatic heterocycles. The third-order valence-electron chi connectivity index (χ3n) is 5.78. The number of amides is 2. The molecule has 3 rings (SSSR count). The summed E-state index contributed by atoms with van der Waals surface area (Å²) in [6.45, 7) is 4.75. The first-order chi connectivity index (χ1) is 12.6. The van der Waals surface area contributed by atoms with Crippen LogP contribution in [0.2, 0.25) is 0 Å². The molecule has 2 fully saturated rings. The quantitative estimate of drug-likeness (QED) is 0.776. The normalized spacial score (nSPS) is 21.2. The number of hydrogen-bond donors (Lipinski definition) is 1. The molecule has 0 radical (unpaired) electrons. The van der Waals surface area contributed by atoms with E-state index in [0.717, 1.165) is 37.0 Å². The van der Waals surface area contributed by atoms with Crippen LogP contribution in [0.15, 0.2) is 24.3 Å². The summed E-state index contributed by atoms with van der Waals surface area (Å²) in [7, 11) is 1.65. The fraction of sp³-hybridized carbons (Fsp3) is 0.619. The summed E-state index contributed by atoms with van der Waals surface area (Å²) >= 11 is 0. The van der Waals surface area contributed by atoms with Gasteiger partial charge in [-0.05, 0) is 49.3 Å². The summed E-state index contributed by atoms with van der Waals surface area (Å²) in [5.41, 5.74) is 1.11. The zero-order chi connectivity index (χ0) is 18.7. The fourth-order valence-electron chi connectivity index (χ4n) is 3.97. The van der Waals surface area contributed by atoms with Gasteiger partial charge in [-0.25, -0.2) is 0 Å². The largest absolute Gasteiger partial charge is 0.497 e. The lowest BCUT2D eigenvalue weighted by Crippen LogP contribution is -2.39. The molecule has 2 atom stereocenters. The second kappa shape index (κ2) is 8.11. The topological polar surface area (TPSA) is 58.6 Å². The summed E-state index contributed by atoms with van der Waals surface area (Å²) in [6, 6.07) is 8.21. The molecule has 26 heavy (non-hydrogen) atoms. The van der Waals surface area contributed by atoms with Gasteiger partial charge in [0.2, 0.25) is 11.8 Å². The van der Waals surface area contributed by atoms with Crippen LogP contribution in [0, 0.1) is 11.8 Å². The average molecular weight is 358 g/mol. The number of carbonyl (C=O) groups is 2. The lowest BCUT2D eigenvalue weighted by molar-refractivity contribution is -0.130. The van der Waals surface area contributed by atoms with Crippen LogP contribution in [0.5, 0.6) is 5.75 Å². The highest BCUT2D eigenvalue weighted by Crippen LogP contribution is 2.41. The van der Waals surface area contributed by atoms with E-state index >= 15 is 0 Å². The van der Waals surface area contributed by atoms with Gasteiger partial charge in [-0.3, -0.25) is 9.59 Å². The second-order valence-electron chi connectivity index (χ2n) is 7.51. The number of methoxy groups -OCH3 is 1. The van der Waals surface area contributed by atoms with E-state index in [1.165, 1.54) is 0 Å². The number of carbonyl (C=O) groups excluding carboxylic acids is 2. The van der Waals surface area contributed by atoms with Crippen molar-refractivity contribution in [1.29, 1.82) is 0 Å². The summed E-state index contributed by atoms with van der Waals surface area (Å²) in [5.74, 6) is 1.21. The zero-order valence-corrected chi connectivity index (χ0v) is 16.0. The molecule has 2 amide bonds. The molecule has 0 bridgehead atoms. The van der Waals surface area contributed by atoms with Gasteiger partial charge in [-0.2, -0.15) is 0 Å². The van der Waals surface area contributed by atoms with Gasteiger partial charge in [0.05, 0.1) is 19.1 Å². The third kappa shape index (κ3) is 4.02. The summed E-state index contributed by atoms with van der Waals surface area (Å²) in [5, 5.41) is 3.23. The molecule has 1 aromatic rings.